The SMILES string of the molecule is C1=CC(c2ccccc2)CN=C1c1cc(C2=CC(c3ccccc3)=NC(c3ccccc3)C2)cc(-c2ccccn2)c1. The Morgan fingerprint density at radius 2 is 1.24 bits per heavy atom. The molecule has 0 amide bonds. The van der Waals surface area contributed by atoms with E-state index in [1.807, 2.05) is 18.3 Å². The first kappa shape index (κ1) is 25.8. The van der Waals surface area contributed by atoms with Crippen LogP contribution in [0.2, 0.25) is 0 Å². The van der Waals surface area contributed by atoms with Crippen LogP contribution < -0.4 is 0 Å². The average Bonchev–Trinajstić information content (AvgIpc) is 3.09. The molecule has 4 aromatic carbocycles. The van der Waals surface area contributed by atoms with Crippen LogP contribution in [0.15, 0.2) is 162 Å². The fourth-order valence-electron chi connectivity index (χ4n) is 5.78. The molecule has 2 aliphatic heterocycles. The van der Waals surface area contributed by atoms with Crippen molar-refractivity contribution in [1.82, 2.24) is 4.98 Å². The average molecular weight is 542 g/mol. The summed E-state index contributed by atoms with van der Waals surface area (Å²) < 4.78 is 0. The Balaban J connectivity index is 1.31. The first-order chi connectivity index (χ1) is 20.8. The number of aliphatic imine (C=N–C) groups is 2. The van der Waals surface area contributed by atoms with Crippen LogP contribution in [0, 0.1) is 0 Å². The zero-order valence-corrected chi connectivity index (χ0v) is 23.3. The number of pyridine rings is 1. The Morgan fingerprint density at radius 1 is 0.571 bits per heavy atom. The maximum atomic E-state index is 5.22. The van der Waals surface area contributed by atoms with Gasteiger partial charge in [0.25, 0.3) is 0 Å². The normalized spacial score (nSPS) is 18.1. The summed E-state index contributed by atoms with van der Waals surface area (Å²) in [5, 5.41) is 0. The molecule has 0 bridgehead atoms. The lowest BCUT2D eigenvalue weighted by Crippen LogP contribution is -2.12. The van der Waals surface area contributed by atoms with Gasteiger partial charge in [-0.3, -0.25) is 15.0 Å². The zero-order chi connectivity index (χ0) is 28.1. The van der Waals surface area contributed by atoms with Gasteiger partial charge in [0.2, 0.25) is 0 Å². The standard InChI is InChI=1S/C39H31N3/c1-4-12-28(13-5-1)31-19-20-37(41-27-31)35-23-32(22-34(24-35)36-18-10-11-21-40-36)33-25-38(29-14-6-2-7-15-29)42-39(26-33)30-16-8-3-9-17-30/h1-25,31,39H,26-27H2. The summed E-state index contributed by atoms with van der Waals surface area (Å²) in [5.41, 5.74) is 11.3. The van der Waals surface area contributed by atoms with E-state index >= 15 is 0 Å². The van der Waals surface area contributed by atoms with Gasteiger partial charge in [0.1, 0.15) is 0 Å². The molecule has 2 unspecified atom stereocenters. The second kappa shape index (κ2) is 11.8. The summed E-state index contributed by atoms with van der Waals surface area (Å²) in [6.45, 7) is 0.739. The van der Waals surface area contributed by atoms with E-state index in [2.05, 4.69) is 133 Å². The van der Waals surface area contributed by atoms with E-state index < -0.39 is 0 Å². The van der Waals surface area contributed by atoms with Crippen molar-refractivity contribution >= 4 is 17.0 Å². The Labute approximate surface area is 247 Å². The largest absolute Gasteiger partial charge is 0.284 e. The van der Waals surface area contributed by atoms with E-state index in [1.54, 1.807) is 0 Å². The van der Waals surface area contributed by atoms with Crippen LogP contribution in [-0.4, -0.2) is 23.0 Å². The molecule has 5 aromatic rings. The summed E-state index contributed by atoms with van der Waals surface area (Å²) in [4.78, 5) is 15.0. The third-order valence-electron chi connectivity index (χ3n) is 8.01. The van der Waals surface area contributed by atoms with Crippen LogP contribution in [0.25, 0.3) is 16.8 Å². The Morgan fingerprint density at radius 3 is 1.93 bits per heavy atom. The summed E-state index contributed by atoms with van der Waals surface area (Å²) in [5.74, 6) is 0.297. The smallest absolute Gasteiger partial charge is 0.0796 e. The minimum Gasteiger partial charge on any atom is -0.284 e. The molecule has 0 radical (unpaired) electrons. The summed E-state index contributed by atoms with van der Waals surface area (Å²) in [7, 11) is 0. The van der Waals surface area contributed by atoms with Crippen molar-refractivity contribution < 1.29 is 0 Å². The summed E-state index contributed by atoms with van der Waals surface area (Å²) in [6, 6.07) is 44.6. The molecule has 0 N–H and O–H groups in total. The molecule has 3 heterocycles. The quantitative estimate of drug-likeness (QED) is 0.211. The number of hydrogen-bond donors (Lipinski definition) is 0. The number of benzene rings is 4. The van der Waals surface area contributed by atoms with E-state index in [1.165, 1.54) is 22.3 Å². The number of dihydropyridines is 2. The number of rotatable bonds is 6. The number of aromatic nitrogens is 1. The van der Waals surface area contributed by atoms with E-state index in [4.69, 9.17) is 15.0 Å². The molecule has 3 heteroatoms. The molecule has 0 saturated heterocycles. The minimum atomic E-state index is 0.0434. The highest BCUT2D eigenvalue weighted by Crippen LogP contribution is 2.37. The molecule has 202 valence electrons. The van der Waals surface area contributed by atoms with Crippen LogP contribution >= 0.6 is 0 Å². The van der Waals surface area contributed by atoms with Crippen molar-refractivity contribution in [3.8, 4) is 11.3 Å². The molecular weight excluding hydrogens is 510 g/mol. The van der Waals surface area contributed by atoms with Crippen LogP contribution in [0.4, 0.5) is 0 Å². The van der Waals surface area contributed by atoms with Crippen LogP contribution in [0.3, 0.4) is 0 Å². The highest BCUT2D eigenvalue weighted by Gasteiger charge is 2.22. The molecule has 42 heavy (non-hydrogen) atoms. The molecule has 0 saturated carbocycles. The minimum absolute atomic E-state index is 0.0434. The second-order valence-corrected chi connectivity index (χ2v) is 10.8. The number of allylic oxidation sites excluding steroid dienone is 2. The van der Waals surface area contributed by atoms with Gasteiger partial charge in [-0.25, -0.2) is 0 Å². The lowest BCUT2D eigenvalue weighted by molar-refractivity contribution is 0.748. The molecule has 1 aromatic heterocycles. The van der Waals surface area contributed by atoms with Gasteiger partial charge in [0.15, 0.2) is 0 Å². The predicted molar refractivity (Wildman–Crippen MR) is 174 cm³/mol. The van der Waals surface area contributed by atoms with E-state index in [0.717, 1.165) is 46.8 Å². The van der Waals surface area contributed by atoms with Crippen LogP contribution in [0.1, 0.15) is 46.2 Å². The Bertz CT molecular complexity index is 1800. The van der Waals surface area contributed by atoms with Crippen LogP contribution in [0.5, 0.6) is 0 Å². The van der Waals surface area contributed by atoms with Gasteiger partial charge in [-0.1, -0.05) is 103 Å². The maximum absolute atomic E-state index is 5.22. The van der Waals surface area contributed by atoms with Gasteiger partial charge in [-0.15, -0.1) is 0 Å². The lowest BCUT2D eigenvalue weighted by Gasteiger charge is -2.23. The molecule has 2 atom stereocenters. The second-order valence-electron chi connectivity index (χ2n) is 10.8. The van der Waals surface area contributed by atoms with E-state index in [9.17, 15) is 0 Å². The van der Waals surface area contributed by atoms with Gasteiger partial charge >= 0.3 is 0 Å². The van der Waals surface area contributed by atoms with Crippen molar-refractivity contribution in [1.29, 1.82) is 0 Å². The third-order valence-corrected chi connectivity index (χ3v) is 8.01. The third kappa shape index (κ3) is 5.55. The predicted octanol–water partition coefficient (Wildman–Crippen LogP) is 8.91. The highest BCUT2D eigenvalue weighted by atomic mass is 14.8. The zero-order valence-electron chi connectivity index (χ0n) is 23.3. The van der Waals surface area contributed by atoms with E-state index in [-0.39, 0.29) is 6.04 Å². The van der Waals surface area contributed by atoms with Gasteiger partial charge < -0.3 is 0 Å². The van der Waals surface area contributed by atoms with Gasteiger partial charge in [-0.05, 0) is 76.7 Å². The summed E-state index contributed by atoms with van der Waals surface area (Å²) in [6.07, 6.45) is 9.41. The monoisotopic (exact) mass is 541 g/mol. The fourth-order valence-corrected chi connectivity index (χ4v) is 5.78. The Kier molecular flexibility index (Phi) is 7.22. The first-order valence-corrected chi connectivity index (χ1v) is 14.5. The number of nitrogens with zero attached hydrogens (tertiary/aromatic N) is 3. The van der Waals surface area contributed by atoms with Crippen molar-refractivity contribution in [2.45, 2.75) is 18.4 Å². The Hall–Kier alpha value is -5.15. The fraction of sp³-hybridized carbons (Fsp3) is 0.103. The van der Waals surface area contributed by atoms with Crippen LogP contribution in [-0.2, 0) is 0 Å². The highest BCUT2D eigenvalue weighted by molar-refractivity contribution is 6.14. The lowest BCUT2D eigenvalue weighted by atomic mass is 9.87. The molecule has 0 fully saturated rings. The van der Waals surface area contributed by atoms with Gasteiger partial charge in [-0.2, -0.15) is 0 Å². The van der Waals surface area contributed by atoms with Crippen molar-refractivity contribution in [2.24, 2.45) is 9.98 Å². The molecular formula is C39H31N3. The molecule has 0 spiro atoms. The van der Waals surface area contributed by atoms with Gasteiger partial charge in [0, 0.05) is 29.8 Å². The molecule has 3 nitrogen and oxygen atoms in total. The van der Waals surface area contributed by atoms with Crippen molar-refractivity contribution in [2.75, 3.05) is 6.54 Å². The summed E-state index contributed by atoms with van der Waals surface area (Å²) >= 11 is 0. The van der Waals surface area contributed by atoms with Gasteiger partial charge in [0.05, 0.1) is 23.2 Å². The maximum Gasteiger partial charge on any atom is 0.0796 e. The first-order valence-electron chi connectivity index (χ1n) is 14.5. The number of hydrogen-bond acceptors (Lipinski definition) is 3. The molecule has 2 aliphatic rings. The van der Waals surface area contributed by atoms with E-state index in [0.29, 0.717) is 5.92 Å². The van der Waals surface area contributed by atoms with Crippen molar-refractivity contribution in [3.63, 3.8) is 0 Å². The molecule has 0 aliphatic carbocycles. The van der Waals surface area contributed by atoms with Crippen molar-refractivity contribution in [3.05, 3.63) is 180 Å². The topological polar surface area (TPSA) is 37.6 Å². The molecule has 7 rings (SSSR count).